The fourth-order valence-electron chi connectivity index (χ4n) is 1.22. The van der Waals surface area contributed by atoms with Gasteiger partial charge in [-0.3, -0.25) is 4.79 Å². The molecule has 0 radical (unpaired) electrons. The Kier molecular flexibility index (Phi) is 10.8. The van der Waals surface area contributed by atoms with Gasteiger partial charge < -0.3 is 5.11 Å². The fraction of sp³-hybridized carbons (Fsp3) is 0.450. The number of carbonyl (C=O) groups excluding carboxylic acids is 1. The molecule has 2 aromatic heterocycles. The summed E-state index contributed by atoms with van der Waals surface area (Å²) in [6.07, 6.45) is 8.43. The summed E-state index contributed by atoms with van der Waals surface area (Å²) in [5.74, 6) is 2.96. The maximum absolute atomic E-state index is 10.5. The number of Topliss-reactive ketones (excluding diaryl/α,β-unsaturated/α-hetero) is 1. The van der Waals surface area contributed by atoms with E-state index in [9.17, 15) is 9.90 Å². The summed E-state index contributed by atoms with van der Waals surface area (Å²) in [5, 5.41) is 14.9. The minimum absolute atomic E-state index is 0.0417. The van der Waals surface area contributed by atoms with E-state index in [1.807, 2.05) is 5.38 Å². The molecule has 0 aliphatic carbocycles. The molecular formula is C20H30N2O2S2Si2. The molecule has 0 fully saturated rings. The molecule has 2 aromatic rings. The zero-order valence-corrected chi connectivity index (χ0v) is 21.6. The van der Waals surface area contributed by atoms with E-state index in [1.54, 1.807) is 24.7 Å². The normalized spacial score (nSPS) is 12.6. The van der Waals surface area contributed by atoms with E-state index in [0.717, 1.165) is 0 Å². The van der Waals surface area contributed by atoms with Crippen molar-refractivity contribution in [1.29, 1.82) is 0 Å². The summed E-state index contributed by atoms with van der Waals surface area (Å²) in [4.78, 5) is 18.3. The van der Waals surface area contributed by atoms with E-state index < -0.39 is 21.7 Å². The maximum Gasteiger partial charge on any atom is 0.188 e. The van der Waals surface area contributed by atoms with Gasteiger partial charge in [-0.05, 0) is 6.92 Å². The molecule has 4 nitrogen and oxygen atoms in total. The van der Waals surface area contributed by atoms with E-state index in [4.69, 9.17) is 6.42 Å². The summed E-state index contributed by atoms with van der Waals surface area (Å²) >= 11 is 2.80. The number of hydrogen-bond acceptors (Lipinski definition) is 6. The first kappa shape index (κ1) is 26.4. The molecule has 2 rings (SSSR count). The van der Waals surface area contributed by atoms with Crippen LogP contribution in [0.2, 0.25) is 39.3 Å². The van der Waals surface area contributed by atoms with E-state index in [1.165, 1.54) is 29.6 Å². The smallest absolute Gasteiger partial charge is 0.188 e. The molecule has 0 saturated heterocycles. The lowest BCUT2D eigenvalue weighted by atomic mass is 10.1. The number of hydrogen-bond donors (Lipinski definition) is 1. The zero-order valence-electron chi connectivity index (χ0n) is 18.0. The second kappa shape index (κ2) is 11.4. The van der Waals surface area contributed by atoms with Crippen molar-refractivity contribution >= 4 is 44.6 Å². The second-order valence-corrected chi connectivity index (χ2v) is 19.5. The van der Waals surface area contributed by atoms with Gasteiger partial charge in [0, 0.05) is 30.1 Å². The quantitative estimate of drug-likeness (QED) is 0.394. The minimum Gasteiger partial charge on any atom is -0.371 e. The van der Waals surface area contributed by atoms with E-state index >= 15 is 0 Å². The third-order valence-electron chi connectivity index (χ3n) is 2.70. The van der Waals surface area contributed by atoms with Crippen LogP contribution in [0.3, 0.4) is 0 Å². The number of thiazole rings is 2. The first-order valence-corrected chi connectivity index (χ1v) is 17.5. The highest BCUT2D eigenvalue weighted by Crippen LogP contribution is 2.21. The average Bonchev–Trinajstić information content (AvgIpc) is 3.26. The second-order valence-electron chi connectivity index (χ2n) is 8.20. The van der Waals surface area contributed by atoms with Crippen molar-refractivity contribution in [3.8, 4) is 23.4 Å². The van der Waals surface area contributed by atoms with Crippen LogP contribution in [0.4, 0.5) is 0 Å². The minimum atomic E-state index is -1.42. The van der Waals surface area contributed by atoms with Gasteiger partial charge in [-0.25, -0.2) is 9.97 Å². The van der Waals surface area contributed by atoms with Gasteiger partial charge in [0.15, 0.2) is 16.4 Å². The number of terminal acetylenes is 1. The third-order valence-corrected chi connectivity index (χ3v) is 6.30. The van der Waals surface area contributed by atoms with Gasteiger partial charge in [-0.2, -0.15) is 0 Å². The van der Waals surface area contributed by atoms with Crippen molar-refractivity contribution in [3.05, 3.63) is 33.2 Å². The van der Waals surface area contributed by atoms with Gasteiger partial charge in [0.2, 0.25) is 0 Å². The highest BCUT2D eigenvalue weighted by atomic mass is 32.1. The van der Waals surface area contributed by atoms with Crippen LogP contribution >= 0.6 is 22.7 Å². The standard InChI is InChI=1S/C10H15NOSSi.C5H5NOS.C5H10Si/c1-10(12,5-8-14(2,3)4)9-11-6-7-13-9;1-4(7)5-6-2-3-8-5;1-5-6(2,3)4/h6-7,12H,1-4H3;2-3H,1H3;1H,2-4H3. The summed E-state index contributed by atoms with van der Waals surface area (Å²) in [6.45, 7) is 16.1. The molecule has 1 atom stereocenters. The summed E-state index contributed by atoms with van der Waals surface area (Å²) in [5.41, 5.74) is 4.81. The van der Waals surface area contributed by atoms with Gasteiger partial charge in [-0.15, -0.1) is 40.2 Å². The molecule has 0 amide bonds. The molecule has 152 valence electrons. The lowest BCUT2D eigenvalue weighted by molar-refractivity contribution is 0.101. The van der Waals surface area contributed by atoms with Gasteiger partial charge >= 0.3 is 0 Å². The molecule has 0 spiro atoms. The van der Waals surface area contributed by atoms with E-state index in [-0.39, 0.29) is 5.78 Å². The Labute approximate surface area is 179 Å². The van der Waals surface area contributed by atoms with Gasteiger partial charge in [-0.1, -0.05) is 45.2 Å². The predicted molar refractivity (Wildman–Crippen MR) is 127 cm³/mol. The fourth-order valence-corrected chi connectivity index (χ4v) is 3.03. The van der Waals surface area contributed by atoms with Crippen LogP contribution in [0.25, 0.3) is 0 Å². The predicted octanol–water partition coefficient (Wildman–Crippen LogP) is 5.07. The van der Waals surface area contributed by atoms with Crippen molar-refractivity contribution in [2.45, 2.75) is 58.7 Å². The highest BCUT2D eigenvalue weighted by molar-refractivity contribution is 7.11. The molecule has 1 N–H and O–H groups in total. The highest BCUT2D eigenvalue weighted by Gasteiger charge is 2.23. The Balaban J connectivity index is 0.000000439. The third kappa shape index (κ3) is 12.8. The Bertz CT molecular complexity index is 815. The lowest BCUT2D eigenvalue weighted by Gasteiger charge is -2.14. The van der Waals surface area contributed by atoms with Crippen molar-refractivity contribution in [3.63, 3.8) is 0 Å². The van der Waals surface area contributed by atoms with Crippen molar-refractivity contribution in [2.75, 3.05) is 0 Å². The molecule has 0 aliphatic heterocycles. The number of ketones is 1. The van der Waals surface area contributed by atoms with Crippen LogP contribution < -0.4 is 0 Å². The molecule has 0 aromatic carbocycles. The van der Waals surface area contributed by atoms with Crippen LogP contribution in [0.1, 0.15) is 28.7 Å². The van der Waals surface area contributed by atoms with Crippen LogP contribution in [0, 0.1) is 23.4 Å². The molecule has 2 heterocycles. The Morgan fingerprint density at radius 3 is 1.86 bits per heavy atom. The Morgan fingerprint density at radius 2 is 1.57 bits per heavy atom. The maximum atomic E-state index is 10.5. The molecule has 0 aliphatic rings. The van der Waals surface area contributed by atoms with Crippen LogP contribution in [0.5, 0.6) is 0 Å². The lowest BCUT2D eigenvalue weighted by Crippen LogP contribution is -2.22. The first-order valence-electron chi connectivity index (χ1n) is 8.73. The number of nitrogens with zero attached hydrogens (tertiary/aromatic N) is 2. The topological polar surface area (TPSA) is 63.1 Å². The Hall–Kier alpha value is -1.56. The number of aliphatic hydroxyl groups is 1. The molecular weight excluding hydrogens is 421 g/mol. The SMILES string of the molecule is C#C[Si](C)(C)C.CC(=O)c1nccs1.CC(O)(C#C[Si](C)(C)C)c1nccs1. The number of carbonyl (C=O) groups is 1. The van der Waals surface area contributed by atoms with Crippen LogP contribution in [0.15, 0.2) is 23.2 Å². The molecule has 0 bridgehead atoms. The molecule has 8 heteroatoms. The summed E-state index contributed by atoms with van der Waals surface area (Å²) in [6, 6.07) is 0. The van der Waals surface area contributed by atoms with Crippen LogP contribution in [-0.4, -0.2) is 37.0 Å². The molecule has 0 saturated carbocycles. The Morgan fingerprint density at radius 1 is 1.07 bits per heavy atom. The molecule has 1 unspecified atom stereocenters. The monoisotopic (exact) mass is 450 g/mol. The summed E-state index contributed by atoms with van der Waals surface area (Å²) in [7, 11) is -2.53. The average molecular weight is 451 g/mol. The van der Waals surface area contributed by atoms with Crippen LogP contribution in [-0.2, 0) is 5.60 Å². The van der Waals surface area contributed by atoms with Crippen molar-refractivity contribution in [2.24, 2.45) is 0 Å². The zero-order chi connectivity index (χ0) is 22.0. The van der Waals surface area contributed by atoms with Gasteiger partial charge in [0.05, 0.1) is 0 Å². The largest absolute Gasteiger partial charge is 0.371 e. The number of aromatic nitrogens is 2. The molecule has 28 heavy (non-hydrogen) atoms. The van der Waals surface area contributed by atoms with Gasteiger partial charge in [0.1, 0.15) is 21.2 Å². The van der Waals surface area contributed by atoms with E-state index in [2.05, 4.69) is 66.3 Å². The van der Waals surface area contributed by atoms with Crippen molar-refractivity contribution in [1.82, 2.24) is 9.97 Å². The van der Waals surface area contributed by atoms with Gasteiger partial charge in [0.25, 0.3) is 0 Å². The first-order chi connectivity index (χ1) is 12.7. The number of rotatable bonds is 2. The van der Waals surface area contributed by atoms with Crippen molar-refractivity contribution < 1.29 is 9.90 Å². The van der Waals surface area contributed by atoms with E-state index in [0.29, 0.717) is 10.0 Å². The summed E-state index contributed by atoms with van der Waals surface area (Å²) < 4.78 is 0.